The Morgan fingerprint density at radius 1 is 1.23 bits per heavy atom. The van der Waals surface area contributed by atoms with Crippen molar-refractivity contribution < 1.29 is 19.5 Å². The molecule has 1 aliphatic rings. The van der Waals surface area contributed by atoms with Gasteiger partial charge in [-0.1, -0.05) is 16.8 Å². The normalized spacial score (nSPS) is 13.7. The summed E-state index contributed by atoms with van der Waals surface area (Å²) >= 11 is 6.00. The summed E-state index contributed by atoms with van der Waals surface area (Å²) in [4.78, 5) is 37.4. The van der Waals surface area contributed by atoms with E-state index < -0.39 is 11.9 Å². The van der Waals surface area contributed by atoms with Crippen LogP contribution in [0.4, 0.5) is 5.69 Å². The van der Waals surface area contributed by atoms with Crippen molar-refractivity contribution in [3.05, 3.63) is 40.7 Å². The Morgan fingerprint density at radius 2 is 1.96 bits per heavy atom. The molecule has 1 aliphatic heterocycles. The number of hydrogen-bond donors (Lipinski definition) is 2. The molecule has 1 aromatic carbocycles. The number of aromatic carboxylic acids is 1. The number of hydrogen-bond acceptors (Lipinski definition) is 5. The third kappa shape index (κ3) is 3.99. The molecule has 1 aromatic heterocycles. The highest BCUT2D eigenvalue weighted by Crippen LogP contribution is 2.24. The Labute approximate surface area is 153 Å². The molecule has 0 atom stereocenters. The number of aromatic nitrogens is 3. The molecule has 2 aromatic rings. The van der Waals surface area contributed by atoms with Gasteiger partial charge in [0.2, 0.25) is 5.91 Å². The first-order valence-electron chi connectivity index (χ1n) is 7.96. The lowest BCUT2D eigenvalue weighted by Gasteiger charge is -2.18. The van der Waals surface area contributed by atoms with E-state index in [9.17, 15) is 14.4 Å². The molecule has 0 saturated carbocycles. The Bertz CT molecular complexity index is 860. The van der Waals surface area contributed by atoms with Crippen LogP contribution >= 0.6 is 11.6 Å². The molecular formula is C16H16ClN5O4. The van der Waals surface area contributed by atoms with Gasteiger partial charge in [0, 0.05) is 18.1 Å². The minimum atomic E-state index is -1.23. The van der Waals surface area contributed by atoms with E-state index >= 15 is 0 Å². The standard InChI is InChI=1S/C16H16ClN5O4/c17-10-3-4-12(11(7-10)15(24)21-5-1-2-6-21)18-14(23)9-22-8-13(16(25)26)19-20-22/h3-4,7-8H,1-2,5-6,9H2,(H,18,23)(H,25,26). The first-order chi connectivity index (χ1) is 12.4. The van der Waals surface area contributed by atoms with Crippen LogP contribution < -0.4 is 5.32 Å². The Hall–Kier alpha value is -2.94. The van der Waals surface area contributed by atoms with Crippen LogP contribution in [0.5, 0.6) is 0 Å². The molecule has 136 valence electrons. The third-order valence-electron chi connectivity index (χ3n) is 3.94. The van der Waals surface area contributed by atoms with Gasteiger partial charge in [0.05, 0.1) is 17.4 Å². The second-order valence-corrected chi connectivity index (χ2v) is 6.28. The lowest BCUT2D eigenvalue weighted by molar-refractivity contribution is -0.116. The number of likely N-dealkylation sites (tertiary alicyclic amines) is 1. The first kappa shape index (κ1) is 17.9. The van der Waals surface area contributed by atoms with Crippen LogP contribution in [0.15, 0.2) is 24.4 Å². The van der Waals surface area contributed by atoms with Crippen LogP contribution in [0.3, 0.4) is 0 Å². The maximum Gasteiger partial charge on any atom is 0.358 e. The summed E-state index contributed by atoms with van der Waals surface area (Å²) in [5.41, 5.74) is 0.404. The topological polar surface area (TPSA) is 117 Å². The Morgan fingerprint density at radius 3 is 2.62 bits per heavy atom. The molecule has 0 spiro atoms. The number of carbonyl (C=O) groups excluding carboxylic acids is 2. The summed E-state index contributed by atoms with van der Waals surface area (Å²) in [6.07, 6.45) is 3.05. The zero-order chi connectivity index (χ0) is 18.7. The lowest BCUT2D eigenvalue weighted by atomic mass is 10.1. The minimum Gasteiger partial charge on any atom is -0.476 e. The van der Waals surface area contributed by atoms with Crippen molar-refractivity contribution >= 4 is 35.1 Å². The predicted octanol–water partition coefficient (Wildman–Crippen LogP) is 1.50. The van der Waals surface area contributed by atoms with Gasteiger partial charge < -0.3 is 15.3 Å². The second-order valence-electron chi connectivity index (χ2n) is 5.84. The first-order valence-corrected chi connectivity index (χ1v) is 8.34. The number of amides is 2. The van der Waals surface area contributed by atoms with Gasteiger partial charge in [0.15, 0.2) is 5.69 Å². The predicted molar refractivity (Wildman–Crippen MR) is 92.2 cm³/mol. The molecule has 10 heteroatoms. The van der Waals surface area contributed by atoms with Crippen LogP contribution in [0.2, 0.25) is 5.02 Å². The van der Waals surface area contributed by atoms with E-state index in [-0.39, 0.29) is 18.1 Å². The molecule has 0 radical (unpaired) electrons. The van der Waals surface area contributed by atoms with E-state index in [1.165, 1.54) is 6.07 Å². The van der Waals surface area contributed by atoms with E-state index in [4.69, 9.17) is 16.7 Å². The average Bonchev–Trinajstić information content (AvgIpc) is 3.27. The fourth-order valence-electron chi connectivity index (χ4n) is 2.70. The van der Waals surface area contributed by atoms with Gasteiger partial charge >= 0.3 is 5.97 Å². The molecule has 1 saturated heterocycles. The maximum absolute atomic E-state index is 12.7. The number of carboxylic acids is 1. The molecule has 0 aliphatic carbocycles. The number of anilines is 1. The summed E-state index contributed by atoms with van der Waals surface area (Å²) < 4.78 is 1.11. The molecule has 2 heterocycles. The fraction of sp³-hybridized carbons (Fsp3) is 0.312. The lowest BCUT2D eigenvalue weighted by Crippen LogP contribution is -2.29. The van der Waals surface area contributed by atoms with Crippen molar-refractivity contribution in [1.29, 1.82) is 0 Å². The van der Waals surface area contributed by atoms with Gasteiger partial charge in [-0.05, 0) is 31.0 Å². The number of nitrogens with one attached hydrogen (secondary N) is 1. The number of rotatable bonds is 5. The fourth-order valence-corrected chi connectivity index (χ4v) is 2.88. The average molecular weight is 378 g/mol. The Balaban J connectivity index is 1.74. The maximum atomic E-state index is 12.7. The van der Waals surface area contributed by atoms with E-state index in [0.29, 0.717) is 29.4 Å². The number of benzene rings is 1. The molecule has 9 nitrogen and oxygen atoms in total. The highest BCUT2D eigenvalue weighted by molar-refractivity contribution is 6.31. The summed E-state index contributed by atoms with van der Waals surface area (Å²) in [6.45, 7) is 1.12. The van der Waals surface area contributed by atoms with Crippen LogP contribution in [0.25, 0.3) is 0 Å². The molecule has 2 amide bonds. The van der Waals surface area contributed by atoms with E-state index in [1.807, 2.05) is 0 Å². The molecule has 0 bridgehead atoms. The van der Waals surface area contributed by atoms with Gasteiger partial charge in [-0.2, -0.15) is 0 Å². The highest BCUT2D eigenvalue weighted by Gasteiger charge is 2.23. The molecular weight excluding hydrogens is 362 g/mol. The number of halogens is 1. The van der Waals surface area contributed by atoms with Crippen molar-refractivity contribution in [2.75, 3.05) is 18.4 Å². The van der Waals surface area contributed by atoms with Gasteiger partial charge in [-0.15, -0.1) is 5.10 Å². The largest absolute Gasteiger partial charge is 0.476 e. The third-order valence-corrected chi connectivity index (χ3v) is 4.18. The van der Waals surface area contributed by atoms with Crippen molar-refractivity contribution in [2.24, 2.45) is 0 Å². The van der Waals surface area contributed by atoms with Gasteiger partial charge in [-0.3, -0.25) is 9.59 Å². The highest BCUT2D eigenvalue weighted by atomic mass is 35.5. The smallest absolute Gasteiger partial charge is 0.358 e. The van der Waals surface area contributed by atoms with E-state index in [1.54, 1.807) is 17.0 Å². The summed E-state index contributed by atoms with van der Waals surface area (Å²) in [7, 11) is 0. The molecule has 26 heavy (non-hydrogen) atoms. The molecule has 3 rings (SSSR count). The number of carbonyl (C=O) groups is 3. The van der Waals surface area contributed by atoms with Crippen LogP contribution in [-0.2, 0) is 11.3 Å². The quantitative estimate of drug-likeness (QED) is 0.815. The Kier molecular flexibility index (Phi) is 5.17. The summed E-state index contributed by atoms with van der Waals surface area (Å²) in [5.74, 6) is -1.88. The van der Waals surface area contributed by atoms with E-state index in [2.05, 4.69) is 15.6 Å². The van der Waals surface area contributed by atoms with E-state index in [0.717, 1.165) is 23.7 Å². The minimum absolute atomic E-state index is 0.186. The van der Waals surface area contributed by atoms with Crippen LogP contribution in [0, 0.1) is 0 Å². The van der Waals surface area contributed by atoms with Crippen LogP contribution in [0.1, 0.15) is 33.7 Å². The van der Waals surface area contributed by atoms with Crippen molar-refractivity contribution in [1.82, 2.24) is 19.9 Å². The van der Waals surface area contributed by atoms with Gasteiger partial charge in [0.25, 0.3) is 5.91 Å². The number of nitrogens with zero attached hydrogens (tertiary/aromatic N) is 4. The molecule has 2 N–H and O–H groups in total. The monoisotopic (exact) mass is 377 g/mol. The van der Waals surface area contributed by atoms with Crippen molar-refractivity contribution in [3.8, 4) is 0 Å². The summed E-state index contributed by atoms with van der Waals surface area (Å²) in [5, 5.41) is 18.9. The second kappa shape index (κ2) is 7.52. The summed E-state index contributed by atoms with van der Waals surface area (Å²) in [6, 6.07) is 4.67. The van der Waals surface area contributed by atoms with Gasteiger partial charge in [0.1, 0.15) is 6.54 Å². The SMILES string of the molecule is O=C(Cn1cc(C(=O)O)nn1)Nc1ccc(Cl)cc1C(=O)N1CCCC1. The molecule has 1 fully saturated rings. The zero-order valence-corrected chi connectivity index (χ0v) is 14.4. The van der Waals surface area contributed by atoms with Crippen molar-refractivity contribution in [3.63, 3.8) is 0 Å². The zero-order valence-electron chi connectivity index (χ0n) is 13.7. The van der Waals surface area contributed by atoms with Crippen molar-refractivity contribution in [2.45, 2.75) is 19.4 Å². The van der Waals surface area contributed by atoms with Crippen LogP contribution in [-0.4, -0.2) is 55.9 Å². The molecule has 0 unspecified atom stereocenters. The van der Waals surface area contributed by atoms with Gasteiger partial charge in [-0.25, -0.2) is 9.48 Å². The number of carboxylic acid groups (broad SMARTS) is 1.